The zero-order valence-electron chi connectivity index (χ0n) is 9.42. The molecule has 1 aliphatic carbocycles. The average Bonchev–Trinajstić information content (AvgIpc) is 2.00. The van der Waals surface area contributed by atoms with Crippen molar-refractivity contribution in [2.45, 2.75) is 58.2 Å². The SMILES string of the molecule is CCCN(C(C)C)C1CC(OC)C1. The van der Waals surface area contributed by atoms with Gasteiger partial charge in [0.1, 0.15) is 0 Å². The van der Waals surface area contributed by atoms with Crippen LogP contribution in [-0.4, -0.2) is 36.7 Å². The van der Waals surface area contributed by atoms with Crippen molar-refractivity contribution in [1.82, 2.24) is 4.90 Å². The Kier molecular flexibility index (Phi) is 4.20. The summed E-state index contributed by atoms with van der Waals surface area (Å²) in [5.74, 6) is 0. The maximum Gasteiger partial charge on any atom is 0.0601 e. The lowest BCUT2D eigenvalue weighted by Gasteiger charge is -2.44. The van der Waals surface area contributed by atoms with Gasteiger partial charge in [0, 0.05) is 19.2 Å². The van der Waals surface area contributed by atoms with Crippen molar-refractivity contribution in [3.63, 3.8) is 0 Å². The number of nitrogens with zero attached hydrogens (tertiary/aromatic N) is 1. The summed E-state index contributed by atoms with van der Waals surface area (Å²) < 4.78 is 5.30. The van der Waals surface area contributed by atoms with Crippen molar-refractivity contribution in [3.05, 3.63) is 0 Å². The van der Waals surface area contributed by atoms with Gasteiger partial charge in [-0.05, 0) is 39.7 Å². The first-order valence-electron chi connectivity index (χ1n) is 5.47. The summed E-state index contributed by atoms with van der Waals surface area (Å²) in [6, 6.07) is 1.47. The minimum Gasteiger partial charge on any atom is -0.381 e. The quantitative estimate of drug-likeness (QED) is 0.651. The van der Waals surface area contributed by atoms with Crippen molar-refractivity contribution in [1.29, 1.82) is 0 Å². The maximum absolute atomic E-state index is 5.30. The van der Waals surface area contributed by atoms with E-state index in [9.17, 15) is 0 Å². The van der Waals surface area contributed by atoms with Gasteiger partial charge in [-0.1, -0.05) is 6.92 Å². The van der Waals surface area contributed by atoms with Crippen LogP contribution >= 0.6 is 0 Å². The number of hydrogen-bond acceptors (Lipinski definition) is 2. The Bertz CT molecular complexity index is 141. The predicted molar refractivity (Wildman–Crippen MR) is 56.0 cm³/mol. The van der Waals surface area contributed by atoms with E-state index in [0.717, 1.165) is 6.04 Å². The third kappa shape index (κ3) is 2.68. The number of ether oxygens (including phenoxy) is 1. The van der Waals surface area contributed by atoms with Crippen molar-refractivity contribution in [2.75, 3.05) is 13.7 Å². The average molecular weight is 185 g/mol. The van der Waals surface area contributed by atoms with Crippen LogP contribution in [0.5, 0.6) is 0 Å². The molecule has 0 amide bonds. The van der Waals surface area contributed by atoms with E-state index in [4.69, 9.17) is 4.74 Å². The highest BCUT2D eigenvalue weighted by molar-refractivity contribution is 4.89. The summed E-state index contributed by atoms with van der Waals surface area (Å²) in [4.78, 5) is 2.61. The van der Waals surface area contributed by atoms with Gasteiger partial charge in [-0.2, -0.15) is 0 Å². The molecule has 0 saturated heterocycles. The molecule has 0 aromatic rings. The van der Waals surface area contributed by atoms with E-state index in [1.165, 1.54) is 25.8 Å². The normalized spacial score (nSPS) is 28.2. The molecule has 1 aliphatic rings. The molecule has 0 spiro atoms. The molecule has 0 aromatic heterocycles. The van der Waals surface area contributed by atoms with Crippen LogP contribution < -0.4 is 0 Å². The van der Waals surface area contributed by atoms with E-state index in [1.54, 1.807) is 0 Å². The molecule has 0 radical (unpaired) electrons. The molecule has 0 heterocycles. The molecule has 0 bridgehead atoms. The van der Waals surface area contributed by atoms with Crippen molar-refractivity contribution < 1.29 is 4.74 Å². The van der Waals surface area contributed by atoms with E-state index in [1.807, 2.05) is 7.11 Å². The van der Waals surface area contributed by atoms with Crippen molar-refractivity contribution in [2.24, 2.45) is 0 Å². The van der Waals surface area contributed by atoms with E-state index in [2.05, 4.69) is 25.7 Å². The Balaban J connectivity index is 2.31. The first-order valence-corrected chi connectivity index (χ1v) is 5.47. The van der Waals surface area contributed by atoms with Gasteiger partial charge < -0.3 is 4.74 Å². The summed E-state index contributed by atoms with van der Waals surface area (Å²) in [5, 5.41) is 0. The lowest BCUT2D eigenvalue weighted by Crippen LogP contribution is -2.50. The van der Waals surface area contributed by atoms with Gasteiger partial charge in [0.15, 0.2) is 0 Å². The topological polar surface area (TPSA) is 12.5 Å². The third-order valence-corrected chi connectivity index (χ3v) is 3.02. The summed E-state index contributed by atoms with van der Waals surface area (Å²) in [6.07, 6.45) is 4.25. The highest BCUT2D eigenvalue weighted by atomic mass is 16.5. The Morgan fingerprint density at radius 3 is 2.38 bits per heavy atom. The molecule has 0 atom stereocenters. The van der Waals surface area contributed by atoms with Gasteiger partial charge in [-0.3, -0.25) is 4.90 Å². The monoisotopic (exact) mass is 185 g/mol. The number of rotatable bonds is 5. The zero-order chi connectivity index (χ0) is 9.84. The zero-order valence-corrected chi connectivity index (χ0v) is 9.42. The molecule has 2 nitrogen and oxygen atoms in total. The van der Waals surface area contributed by atoms with Crippen LogP contribution in [0.4, 0.5) is 0 Å². The molecular formula is C11H23NO. The lowest BCUT2D eigenvalue weighted by molar-refractivity contribution is -0.0365. The van der Waals surface area contributed by atoms with Crippen LogP contribution in [0.1, 0.15) is 40.0 Å². The highest BCUT2D eigenvalue weighted by Gasteiger charge is 2.34. The second kappa shape index (κ2) is 4.97. The van der Waals surface area contributed by atoms with Gasteiger partial charge in [0.2, 0.25) is 0 Å². The third-order valence-electron chi connectivity index (χ3n) is 3.02. The first-order chi connectivity index (χ1) is 6.19. The molecule has 0 N–H and O–H groups in total. The molecule has 1 rings (SSSR count). The summed E-state index contributed by atoms with van der Waals surface area (Å²) >= 11 is 0. The van der Waals surface area contributed by atoms with Crippen molar-refractivity contribution in [3.8, 4) is 0 Å². The van der Waals surface area contributed by atoms with E-state index >= 15 is 0 Å². The standard InChI is InChI=1S/C11H23NO/c1-5-6-12(9(2)3)10-7-11(8-10)13-4/h9-11H,5-8H2,1-4H3. The molecular weight excluding hydrogens is 162 g/mol. The Labute approximate surface area is 82.3 Å². The molecule has 78 valence electrons. The molecule has 2 heteroatoms. The smallest absolute Gasteiger partial charge is 0.0601 e. The van der Waals surface area contributed by atoms with Gasteiger partial charge in [-0.25, -0.2) is 0 Å². The van der Waals surface area contributed by atoms with Crippen LogP contribution in [0.25, 0.3) is 0 Å². The fourth-order valence-corrected chi connectivity index (χ4v) is 2.12. The van der Waals surface area contributed by atoms with Crippen LogP contribution in [0, 0.1) is 0 Å². The van der Waals surface area contributed by atoms with E-state index in [0.29, 0.717) is 12.1 Å². The molecule has 0 unspecified atom stereocenters. The van der Waals surface area contributed by atoms with Crippen LogP contribution in [0.2, 0.25) is 0 Å². The second-order valence-corrected chi connectivity index (χ2v) is 4.31. The predicted octanol–water partition coefficient (Wildman–Crippen LogP) is 2.28. The fraction of sp³-hybridized carbons (Fsp3) is 1.00. The summed E-state index contributed by atoms with van der Waals surface area (Å²) in [7, 11) is 1.82. The van der Waals surface area contributed by atoms with E-state index < -0.39 is 0 Å². The second-order valence-electron chi connectivity index (χ2n) is 4.31. The molecule has 1 fully saturated rings. The highest BCUT2D eigenvalue weighted by Crippen LogP contribution is 2.29. The maximum atomic E-state index is 5.30. The van der Waals surface area contributed by atoms with Crippen LogP contribution in [-0.2, 0) is 4.74 Å². The fourth-order valence-electron chi connectivity index (χ4n) is 2.12. The molecule has 13 heavy (non-hydrogen) atoms. The van der Waals surface area contributed by atoms with Crippen LogP contribution in [0.15, 0.2) is 0 Å². The van der Waals surface area contributed by atoms with Gasteiger partial charge >= 0.3 is 0 Å². The number of hydrogen-bond donors (Lipinski definition) is 0. The largest absolute Gasteiger partial charge is 0.381 e. The Hall–Kier alpha value is -0.0800. The molecule has 0 aliphatic heterocycles. The number of methoxy groups -OCH3 is 1. The Morgan fingerprint density at radius 1 is 1.38 bits per heavy atom. The van der Waals surface area contributed by atoms with Crippen molar-refractivity contribution >= 4 is 0 Å². The Morgan fingerprint density at radius 2 is 2.00 bits per heavy atom. The lowest BCUT2D eigenvalue weighted by atomic mass is 9.87. The van der Waals surface area contributed by atoms with Gasteiger partial charge in [0.25, 0.3) is 0 Å². The summed E-state index contributed by atoms with van der Waals surface area (Å²) in [6.45, 7) is 8.06. The van der Waals surface area contributed by atoms with Crippen LogP contribution in [0.3, 0.4) is 0 Å². The first kappa shape index (κ1) is 11.0. The minimum absolute atomic E-state index is 0.531. The van der Waals surface area contributed by atoms with Gasteiger partial charge in [0.05, 0.1) is 6.10 Å². The van der Waals surface area contributed by atoms with E-state index in [-0.39, 0.29) is 0 Å². The summed E-state index contributed by atoms with van der Waals surface area (Å²) in [5.41, 5.74) is 0. The minimum atomic E-state index is 0.531. The molecule has 1 saturated carbocycles. The van der Waals surface area contributed by atoms with Gasteiger partial charge in [-0.15, -0.1) is 0 Å². The molecule has 0 aromatic carbocycles.